The molecule has 0 saturated heterocycles. The molecule has 3 aromatic carbocycles. The van der Waals surface area contributed by atoms with E-state index in [1.807, 2.05) is 30.3 Å². The fourth-order valence-corrected chi connectivity index (χ4v) is 3.23. The highest BCUT2D eigenvalue weighted by molar-refractivity contribution is 6.30. The van der Waals surface area contributed by atoms with Crippen LogP contribution in [0.15, 0.2) is 83.0 Å². The summed E-state index contributed by atoms with van der Waals surface area (Å²) >= 11 is 5.94. The lowest BCUT2D eigenvalue weighted by Crippen LogP contribution is -1.98. The molecule has 0 unspecified atom stereocenters. The Kier molecular flexibility index (Phi) is 5.01. The molecule has 7 heteroatoms. The molecular weight excluding hydrogens is 390 g/mol. The van der Waals surface area contributed by atoms with Gasteiger partial charge in [0.1, 0.15) is 5.75 Å². The second-order valence-electron chi connectivity index (χ2n) is 6.42. The van der Waals surface area contributed by atoms with E-state index in [4.69, 9.17) is 11.6 Å². The van der Waals surface area contributed by atoms with Crippen molar-refractivity contribution in [3.63, 3.8) is 0 Å². The van der Waals surface area contributed by atoms with Crippen LogP contribution in [0, 0.1) is 0 Å². The van der Waals surface area contributed by atoms with Crippen molar-refractivity contribution in [3.05, 3.63) is 88.9 Å². The van der Waals surface area contributed by atoms with Crippen molar-refractivity contribution in [2.45, 2.75) is 6.54 Å². The van der Waals surface area contributed by atoms with Gasteiger partial charge in [0.15, 0.2) is 5.69 Å². The molecule has 2 N–H and O–H groups in total. The van der Waals surface area contributed by atoms with Crippen LogP contribution >= 0.6 is 11.6 Å². The summed E-state index contributed by atoms with van der Waals surface area (Å²) in [5, 5.41) is 29.6. The standard InChI is InChI=1S/C22H16ClN3O3/c23-15-11-9-14(10-12-15)13-26-18-7-3-1-5-16(18)20(22(26)29)24-25-21(28)17-6-2-4-8-19(17)27/h1-12,27,29H,13H2. The molecule has 0 saturated carbocycles. The van der Waals surface area contributed by atoms with Crippen LogP contribution in [0.5, 0.6) is 11.6 Å². The maximum absolute atomic E-state index is 12.3. The van der Waals surface area contributed by atoms with E-state index in [9.17, 15) is 15.0 Å². The Bertz CT molecular complexity index is 1230. The smallest absolute Gasteiger partial charge is 0.299 e. The second kappa shape index (κ2) is 7.77. The summed E-state index contributed by atoms with van der Waals surface area (Å²) < 4.78 is 1.69. The van der Waals surface area contributed by atoms with E-state index in [1.54, 1.807) is 34.9 Å². The molecule has 0 atom stereocenters. The van der Waals surface area contributed by atoms with Crippen molar-refractivity contribution < 1.29 is 15.0 Å². The van der Waals surface area contributed by atoms with Gasteiger partial charge in [-0.15, -0.1) is 10.2 Å². The number of aromatic hydroxyl groups is 2. The van der Waals surface area contributed by atoms with Gasteiger partial charge >= 0.3 is 0 Å². The summed E-state index contributed by atoms with van der Waals surface area (Å²) in [5.74, 6) is -0.974. The van der Waals surface area contributed by atoms with Gasteiger partial charge in [0.05, 0.1) is 17.6 Å². The molecule has 0 aliphatic carbocycles. The summed E-state index contributed by atoms with van der Waals surface area (Å²) in [4.78, 5) is 12.3. The predicted octanol–water partition coefficient (Wildman–Crippen LogP) is 5.68. The van der Waals surface area contributed by atoms with Gasteiger partial charge in [0, 0.05) is 10.4 Å². The monoisotopic (exact) mass is 405 g/mol. The average molecular weight is 406 g/mol. The van der Waals surface area contributed by atoms with Gasteiger partial charge in [-0.1, -0.05) is 54.1 Å². The molecule has 0 aliphatic rings. The number of amides is 1. The largest absolute Gasteiger partial charge is 0.507 e. The number of phenols is 1. The Labute approximate surface area is 171 Å². The lowest BCUT2D eigenvalue weighted by Gasteiger charge is -2.07. The molecule has 4 rings (SSSR count). The van der Waals surface area contributed by atoms with Gasteiger partial charge < -0.3 is 14.8 Å². The number of fused-ring (bicyclic) bond motifs is 1. The van der Waals surface area contributed by atoms with Crippen LogP contribution in [0.3, 0.4) is 0 Å². The van der Waals surface area contributed by atoms with Crippen LogP contribution in [0.2, 0.25) is 5.02 Å². The number of para-hydroxylation sites is 2. The minimum Gasteiger partial charge on any atom is -0.507 e. The lowest BCUT2D eigenvalue weighted by atomic mass is 10.2. The van der Waals surface area contributed by atoms with E-state index in [-0.39, 0.29) is 22.9 Å². The van der Waals surface area contributed by atoms with E-state index in [0.29, 0.717) is 17.0 Å². The average Bonchev–Trinajstić information content (AvgIpc) is 2.99. The van der Waals surface area contributed by atoms with Crippen LogP contribution in [-0.4, -0.2) is 20.7 Å². The Balaban J connectivity index is 1.73. The molecule has 0 fully saturated rings. The number of rotatable bonds is 4. The molecule has 1 aromatic heterocycles. The topological polar surface area (TPSA) is 87.2 Å². The molecule has 144 valence electrons. The SMILES string of the molecule is O=C(N=Nc1c(O)n(Cc2ccc(Cl)cc2)c2ccccc12)c1ccccc1O. The van der Waals surface area contributed by atoms with Crippen LogP contribution in [0.25, 0.3) is 10.9 Å². The second-order valence-corrected chi connectivity index (χ2v) is 6.86. The highest BCUT2D eigenvalue weighted by Gasteiger charge is 2.17. The highest BCUT2D eigenvalue weighted by atomic mass is 35.5. The fourth-order valence-electron chi connectivity index (χ4n) is 3.11. The molecule has 0 spiro atoms. The number of benzene rings is 3. The lowest BCUT2D eigenvalue weighted by molar-refractivity contribution is 0.0992. The molecule has 29 heavy (non-hydrogen) atoms. The molecular formula is C22H16ClN3O3. The first-order valence-corrected chi connectivity index (χ1v) is 9.21. The van der Waals surface area contributed by atoms with Crippen LogP contribution in [-0.2, 0) is 6.54 Å². The van der Waals surface area contributed by atoms with E-state index in [2.05, 4.69) is 10.2 Å². The van der Waals surface area contributed by atoms with Crippen molar-refractivity contribution in [1.82, 2.24) is 4.57 Å². The number of phenolic OH excluding ortho intramolecular Hbond substituents is 1. The van der Waals surface area contributed by atoms with E-state index in [0.717, 1.165) is 11.1 Å². The number of azo groups is 1. The van der Waals surface area contributed by atoms with Crippen molar-refractivity contribution >= 4 is 34.1 Å². The number of carbonyl (C=O) groups is 1. The third-order valence-corrected chi connectivity index (χ3v) is 4.80. The van der Waals surface area contributed by atoms with Crippen molar-refractivity contribution in [3.8, 4) is 11.6 Å². The third-order valence-electron chi connectivity index (χ3n) is 4.55. The van der Waals surface area contributed by atoms with Crippen molar-refractivity contribution in [2.75, 3.05) is 0 Å². The third kappa shape index (κ3) is 3.70. The summed E-state index contributed by atoms with van der Waals surface area (Å²) in [6, 6.07) is 20.7. The van der Waals surface area contributed by atoms with Crippen LogP contribution < -0.4 is 0 Å². The van der Waals surface area contributed by atoms with Gasteiger partial charge in [-0.05, 0) is 35.9 Å². The first kappa shape index (κ1) is 18.7. The fraction of sp³-hybridized carbons (Fsp3) is 0.0455. The number of nitrogens with zero attached hydrogens (tertiary/aromatic N) is 3. The number of halogens is 1. The molecule has 6 nitrogen and oxygen atoms in total. The summed E-state index contributed by atoms with van der Waals surface area (Å²) in [6.45, 7) is 0.395. The van der Waals surface area contributed by atoms with Gasteiger partial charge in [-0.25, -0.2) is 0 Å². The summed E-state index contributed by atoms with van der Waals surface area (Å²) in [7, 11) is 0. The van der Waals surface area contributed by atoms with Gasteiger partial charge in [-0.2, -0.15) is 0 Å². The normalized spacial score (nSPS) is 11.3. The van der Waals surface area contributed by atoms with E-state index < -0.39 is 5.91 Å². The van der Waals surface area contributed by atoms with Crippen molar-refractivity contribution in [1.29, 1.82) is 0 Å². The molecule has 4 aromatic rings. The number of hydrogen-bond donors (Lipinski definition) is 2. The molecule has 0 bridgehead atoms. The zero-order valence-corrected chi connectivity index (χ0v) is 15.9. The Hall–Kier alpha value is -3.64. The van der Waals surface area contributed by atoms with E-state index in [1.165, 1.54) is 12.1 Å². The number of carbonyl (C=O) groups excluding carboxylic acids is 1. The predicted molar refractivity (Wildman–Crippen MR) is 111 cm³/mol. The molecule has 0 aliphatic heterocycles. The van der Waals surface area contributed by atoms with Crippen LogP contribution in [0.4, 0.5) is 5.69 Å². The van der Waals surface area contributed by atoms with E-state index >= 15 is 0 Å². The zero-order valence-electron chi connectivity index (χ0n) is 15.2. The van der Waals surface area contributed by atoms with Gasteiger partial charge in [0.25, 0.3) is 5.91 Å². The minimum atomic E-state index is -0.697. The quantitative estimate of drug-likeness (QED) is 0.428. The molecule has 1 amide bonds. The Morgan fingerprint density at radius 2 is 1.62 bits per heavy atom. The Morgan fingerprint density at radius 3 is 2.38 bits per heavy atom. The number of hydrogen-bond acceptors (Lipinski definition) is 4. The first-order chi connectivity index (χ1) is 14.0. The highest BCUT2D eigenvalue weighted by Crippen LogP contribution is 2.39. The van der Waals surface area contributed by atoms with Gasteiger partial charge in [0.2, 0.25) is 5.88 Å². The number of aromatic nitrogens is 1. The van der Waals surface area contributed by atoms with Gasteiger partial charge in [-0.3, -0.25) is 4.79 Å². The summed E-state index contributed by atoms with van der Waals surface area (Å²) in [6.07, 6.45) is 0. The van der Waals surface area contributed by atoms with Crippen LogP contribution in [0.1, 0.15) is 15.9 Å². The van der Waals surface area contributed by atoms with Crippen molar-refractivity contribution in [2.24, 2.45) is 10.2 Å². The Morgan fingerprint density at radius 1 is 0.931 bits per heavy atom. The maximum Gasteiger partial charge on any atom is 0.299 e. The maximum atomic E-state index is 12.3. The zero-order chi connectivity index (χ0) is 20.4. The minimum absolute atomic E-state index is 0.0423. The first-order valence-electron chi connectivity index (χ1n) is 8.83. The summed E-state index contributed by atoms with van der Waals surface area (Å²) in [5.41, 5.74) is 1.93. The molecule has 1 heterocycles. The molecule has 0 radical (unpaired) electrons.